The van der Waals surface area contributed by atoms with Crippen molar-refractivity contribution >= 4 is 43.5 Å². The van der Waals surface area contributed by atoms with Gasteiger partial charge in [0.05, 0.1) is 17.2 Å². The lowest BCUT2D eigenvalue weighted by Gasteiger charge is -2.33. The van der Waals surface area contributed by atoms with E-state index >= 15 is 0 Å². The third kappa shape index (κ3) is 3.86. The van der Waals surface area contributed by atoms with Gasteiger partial charge >= 0.3 is 5.97 Å². The fourth-order valence-electron chi connectivity index (χ4n) is 3.50. The first-order valence-corrected chi connectivity index (χ1v) is 12.0. The number of ether oxygens (including phenoxy) is 1. The van der Waals surface area contributed by atoms with Crippen LogP contribution in [-0.4, -0.2) is 72.1 Å². The van der Waals surface area contributed by atoms with E-state index in [-0.39, 0.29) is 49.5 Å². The number of carbonyl (C=O) groups excluding carboxylic acids is 2. The lowest BCUT2D eigenvalue weighted by Crippen LogP contribution is -2.50. The smallest absolute Gasteiger partial charge is 0.374 e. The van der Waals surface area contributed by atoms with Gasteiger partial charge in [-0.2, -0.15) is 9.40 Å². The number of aromatic nitrogens is 2. The summed E-state index contributed by atoms with van der Waals surface area (Å²) in [6, 6.07) is 4.36. The minimum Gasteiger partial charge on any atom is -0.460 e. The highest BCUT2D eigenvalue weighted by molar-refractivity contribution is 7.89. The largest absolute Gasteiger partial charge is 0.460 e. The number of fused-ring (bicyclic) bond motifs is 1. The van der Waals surface area contributed by atoms with Crippen molar-refractivity contribution in [3.8, 4) is 0 Å². The Bertz CT molecular complexity index is 1210. The van der Waals surface area contributed by atoms with E-state index in [9.17, 15) is 18.0 Å². The number of hydrogen-bond donors (Lipinski definition) is 0. The summed E-state index contributed by atoms with van der Waals surface area (Å²) in [4.78, 5) is 27.8. The fourth-order valence-corrected chi connectivity index (χ4v) is 5.92. The highest BCUT2D eigenvalue weighted by Gasteiger charge is 2.33. The van der Waals surface area contributed by atoms with Gasteiger partial charge in [0.1, 0.15) is 4.83 Å². The van der Waals surface area contributed by atoms with Crippen molar-refractivity contribution in [3.05, 3.63) is 34.5 Å². The first-order valence-electron chi connectivity index (χ1n) is 9.72. The Morgan fingerprint density at radius 3 is 2.58 bits per heavy atom. The van der Waals surface area contributed by atoms with Crippen LogP contribution < -0.4 is 0 Å². The number of amides is 1. The number of furan rings is 1. The number of hydrogen-bond acceptors (Lipinski definition) is 8. The summed E-state index contributed by atoms with van der Waals surface area (Å²) in [5.41, 5.74) is 0.865. The van der Waals surface area contributed by atoms with Gasteiger partial charge in [0, 0.05) is 38.6 Å². The summed E-state index contributed by atoms with van der Waals surface area (Å²) in [7, 11) is -2.08. The van der Waals surface area contributed by atoms with Crippen molar-refractivity contribution in [2.45, 2.75) is 18.9 Å². The Labute approximate surface area is 183 Å². The number of esters is 1. The summed E-state index contributed by atoms with van der Waals surface area (Å²) in [5.74, 6) is -1.00. The van der Waals surface area contributed by atoms with Crippen LogP contribution in [0.3, 0.4) is 0 Å². The molecule has 1 saturated heterocycles. The van der Waals surface area contributed by atoms with Gasteiger partial charge in [-0.15, -0.1) is 11.3 Å². The second-order valence-corrected chi connectivity index (χ2v) is 9.97. The number of nitrogens with zero attached hydrogens (tertiary/aromatic N) is 4. The highest BCUT2D eigenvalue weighted by Crippen LogP contribution is 2.29. The summed E-state index contributed by atoms with van der Waals surface area (Å²) < 4.78 is 38.8. The Hall–Kier alpha value is -2.70. The molecule has 0 unspecified atom stereocenters. The summed E-state index contributed by atoms with van der Waals surface area (Å²) in [6.45, 7) is 4.49. The van der Waals surface area contributed by atoms with E-state index in [1.807, 2.05) is 20.0 Å². The van der Waals surface area contributed by atoms with Crippen LogP contribution in [0, 0.1) is 6.92 Å². The molecule has 0 spiro atoms. The van der Waals surface area contributed by atoms with E-state index in [0.29, 0.717) is 4.88 Å². The predicted octanol–water partition coefficient (Wildman–Crippen LogP) is 1.86. The van der Waals surface area contributed by atoms with Crippen LogP contribution in [0.5, 0.6) is 0 Å². The molecule has 0 N–H and O–H groups in total. The van der Waals surface area contributed by atoms with Gasteiger partial charge in [0.15, 0.2) is 0 Å². The predicted molar refractivity (Wildman–Crippen MR) is 113 cm³/mol. The fraction of sp³-hybridized carbons (Fsp3) is 0.421. The van der Waals surface area contributed by atoms with Gasteiger partial charge in [0.2, 0.25) is 10.9 Å². The molecule has 10 nitrogen and oxygen atoms in total. The average Bonchev–Trinajstić information content (AvgIpc) is 3.46. The van der Waals surface area contributed by atoms with E-state index in [1.54, 1.807) is 16.5 Å². The Morgan fingerprint density at radius 1 is 1.23 bits per heavy atom. The van der Waals surface area contributed by atoms with Crippen LogP contribution >= 0.6 is 11.3 Å². The number of sulfonamides is 1. The molecule has 3 aromatic rings. The normalized spacial score (nSPS) is 15.5. The van der Waals surface area contributed by atoms with Gasteiger partial charge in [-0.3, -0.25) is 9.48 Å². The monoisotopic (exact) mass is 466 g/mol. The van der Waals surface area contributed by atoms with Crippen molar-refractivity contribution in [2.75, 3.05) is 32.8 Å². The van der Waals surface area contributed by atoms with Gasteiger partial charge < -0.3 is 14.1 Å². The van der Waals surface area contributed by atoms with E-state index in [0.717, 1.165) is 15.9 Å². The Balaban J connectivity index is 1.44. The molecule has 31 heavy (non-hydrogen) atoms. The summed E-state index contributed by atoms with van der Waals surface area (Å²) in [5, 5.41) is 4.98. The van der Waals surface area contributed by atoms with E-state index in [2.05, 4.69) is 5.10 Å². The van der Waals surface area contributed by atoms with Crippen molar-refractivity contribution in [1.82, 2.24) is 19.0 Å². The van der Waals surface area contributed by atoms with Gasteiger partial charge in [-0.05, 0) is 32.0 Å². The zero-order valence-corrected chi connectivity index (χ0v) is 19.0. The second kappa shape index (κ2) is 8.09. The summed E-state index contributed by atoms with van der Waals surface area (Å²) in [6.07, 6.45) is 0. The van der Waals surface area contributed by atoms with Crippen molar-refractivity contribution in [1.29, 1.82) is 0 Å². The molecule has 12 heteroatoms. The molecule has 3 aromatic heterocycles. The van der Waals surface area contributed by atoms with Crippen LogP contribution in [-0.2, 0) is 21.8 Å². The van der Waals surface area contributed by atoms with Crippen LogP contribution in [0.15, 0.2) is 27.7 Å². The zero-order valence-electron chi connectivity index (χ0n) is 17.3. The molecule has 4 rings (SSSR count). The average molecular weight is 467 g/mol. The first kappa shape index (κ1) is 21.5. The third-order valence-corrected chi connectivity index (χ3v) is 8.05. The number of piperazine rings is 1. The number of rotatable bonds is 5. The number of carbonyl (C=O) groups is 2. The Morgan fingerprint density at radius 2 is 1.94 bits per heavy atom. The maximum Gasteiger partial charge on any atom is 0.374 e. The van der Waals surface area contributed by atoms with E-state index < -0.39 is 16.0 Å². The SMILES string of the molecule is CCOC(=O)c1ccc(S(=O)(=O)N2CCN(C(=O)c3cc4c(C)nn(C)c4s3)CC2)o1. The molecule has 166 valence electrons. The lowest BCUT2D eigenvalue weighted by molar-refractivity contribution is 0.0483. The van der Waals surface area contributed by atoms with Crippen LogP contribution in [0.25, 0.3) is 10.2 Å². The molecule has 0 aliphatic carbocycles. The highest BCUT2D eigenvalue weighted by atomic mass is 32.2. The topological polar surface area (TPSA) is 115 Å². The maximum atomic E-state index is 12.9. The Kier molecular flexibility index (Phi) is 5.62. The molecule has 0 atom stereocenters. The minimum absolute atomic E-state index is 0.125. The van der Waals surface area contributed by atoms with Crippen LogP contribution in [0.1, 0.15) is 32.8 Å². The molecule has 0 aromatic carbocycles. The van der Waals surface area contributed by atoms with Crippen LogP contribution in [0.2, 0.25) is 0 Å². The van der Waals surface area contributed by atoms with Crippen molar-refractivity contribution in [2.24, 2.45) is 7.05 Å². The molecule has 0 radical (unpaired) electrons. The molecule has 1 aliphatic heterocycles. The van der Waals surface area contributed by atoms with E-state index in [1.165, 1.54) is 27.8 Å². The van der Waals surface area contributed by atoms with Crippen molar-refractivity contribution < 1.29 is 27.2 Å². The zero-order chi connectivity index (χ0) is 22.3. The van der Waals surface area contributed by atoms with E-state index in [4.69, 9.17) is 9.15 Å². The van der Waals surface area contributed by atoms with Gasteiger partial charge in [-0.1, -0.05) is 0 Å². The number of thiophene rings is 1. The van der Waals surface area contributed by atoms with Crippen molar-refractivity contribution in [3.63, 3.8) is 0 Å². The van der Waals surface area contributed by atoms with Crippen LogP contribution in [0.4, 0.5) is 0 Å². The molecular weight excluding hydrogens is 444 g/mol. The molecular formula is C19H22N4O6S2. The van der Waals surface area contributed by atoms with Gasteiger partial charge in [0.25, 0.3) is 15.9 Å². The van der Waals surface area contributed by atoms with Gasteiger partial charge in [-0.25, -0.2) is 13.2 Å². The molecule has 0 bridgehead atoms. The quantitative estimate of drug-likeness (QED) is 0.527. The lowest BCUT2D eigenvalue weighted by atomic mass is 10.3. The maximum absolute atomic E-state index is 12.9. The molecule has 1 fully saturated rings. The second-order valence-electron chi connectivity index (χ2n) is 7.07. The first-order chi connectivity index (χ1) is 14.7. The molecule has 1 aliphatic rings. The molecule has 4 heterocycles. The molecule has 0 saturated carbocycles. The standard InChI is InChI=1S/C19H22N4O6S2/c1-4-28-19(25)14-5-6-16(29-14)31(26,27)23-9-7-22(8-10-23)17(24)15-11-13-12(2)20-21(3)18(13)30-15/h5-6,11H,4,7-10H2,1-3H3. The minimum atomic E-state index is -3.91. The third-order valence-electron chi connectivity index (χ3n) is 5.08. The summed E-state index contributed by atoms with van der Waals surface area (Å²) >= 11 is 1.38. The molecule has 1 amide bonds. The number of aryl methyl sites for hydroxylation is 2.